The lowest BCUT2D eigenvalue weighted by molar-refractivity contribution is -0.143. The van der Waals surface area contributed by atoms with Gasteiger partial charge in [-0.1, -0.05) is 0 Å². The van der Waals surface area contributed by atoms with E-state index in [0.717, 1.165) is 17.5 Å². The van der Waals surface area contributed by atoms with E-state index in [-0.39, 0.29) is 48.3 Å². The summed E-state index contributed by atoms with van der Waals surface area (Å²) in [5, 5.41) is 3.12. The molecule has 4 saturated carbocycles. The Bertz CT molecular complexity index is 1010. The SMILES string of the molecule is NC(=O)C12CC3CC(CC(Nc4ncc(C(=O)N5CCS(O)(O)CC5)c(C(F)(F)F)n4)(C3)C1)C2. The van der Waals surface area contributed by atoms with Crippen LogP contribution in [0.1, 0.15) is 54.6 Å². The van der Waals surface area contributed by atoms with E-state index in [0.29, 0.717) is 32.1 Å². The maximum atomic E-state index is 13.9. The summed E-state index contributed by atoms with van der Waals surface area (Å²) < 4.78 is 61.2. The number of hydrogen-bond acceptors (Lipinski definition) is 7. The van der Waals surface area contributed by atoms with Crippen LogP contribution in [0.25, 0.3) is 0 Å². The quantitative estimate of drug-likeness (QED) is 0.495. The highest BCUT2D eigenvalue weighted by atomic mass is 32.3. The van der Waals surface area contributed by atoms with Crippen LogP contribution in [0.3, 0.4) is 0 Å². The van der Waals surface area contributed by atoms with Crippen molar-refractivity contribution in [2.45, 2.75) is 50.2 Å². The molecule has 34 heavy (non-hydrogen) atoms. The monoisotopic (exact) mass is 503 g/mol. The standard InChI is InChI=1S/C21H28F3N5O4S/c22-21(23,24)15-14(16(30)29-1-3-34(32,33)4-2-29)10-26-18(27-15)28-20-8-12-5-13(9-20)7-19(6-12,11-20)17(25)31/h10,12-13,32-33H,1-9,11H2,(H2,25,31)(H,26,27,28). The van der Waals surface area contributed by atoms with Crippen LogP contribution in [-0.4, -0.2) is 65.9 Å². The molecule has 2 unspecified atom stereocenters. The van der Waals surface area contributed by atoms with Crippen LogP contribution in [0.5, 0.6) is 0 Å². The number of amides is 2. The first-order valence-corrected chi connectivity index (χ1v) is 13.2. The number of rotatable bonds is 4. The minimum absolute atomic E-state index is 0.0560. The zero-order valence-corrected chi connectivity index (χ0v) is 19.3. The minimum atomic E-state index is -4.89. The average molecular weight is 504 g/mol. The molecule has 5 N–H and O–H groups in total. The molecule has 2 heterocycles. The number of hydrogen-bond donors (Lipinski definition) is 4. The van der Waals surface area contributed by atoms with Gasteiger partial charge in [-0.15, -0.1) is 0 Å². The second-order valence-electron chi connectivity index (χ2n) is 10.5. The van der Waals surface area contributed by atoms with Gasteiger partial charge in [0.05, 0.1) is 22.5 Å². The predicted molar refractivity (Wildman–Crippen MR) is 118 cm³/mol. The van der Waals surface area contributed by atoms with E-state index in [1.54, 1.807) is 0 Å². The topological polar surface area (TPSA) is 142 Å². The Morgan fingerprint density at radius 2 is 1.76 bits per heavy atom. The first-order valence-electron chi connectivity index (χ1n) is 11.4. The normalized spacial score (nSPS) is 35.1. The van der Waals surface area contributed by atoms with Gasteiger partial charge in [0.25, 0.3) is 5.91 Å². The average Bonchev–Trinajstić information content (AvgIpc) is 2.71. The van der Waals surface area contributed by atoms with E-state index >= 15 is 0 Å². The molecule has 2 amide bonds. The van der Waals surface area contributed by atoms with Gasteiger partial charge in [-0.25, -0.2) is 9.97 Å². The summed E-state index contributed by atoms with van der Waals surface area (Å²) in [4.78, 5) is 34.1. The minimum Gasteiger partial charge on any atom is -0.369 e. The van der Waals surface area contributed by atoms with Gasteiger partial charge >= 0.3 is 6.18 Å². The number of nitrogens with zero attached hydrogens (tertiary/aromatic N) is 3. The number of carbonyl (C=O) groups is 2. The summed E-state index contributed by atoms with van der Waals surface area (Å²) >= 11 is 0. The molecular formula is C21H28F3N5O4S. The van der Waals surface area contributed by atoms with Crippen LogP contribution < -0.4 is 11.1 Å². The fourth-order valence-electron chi connectivity index (χ4n) is 6.85. The molecule has 1 aromatic heterocycles. The van der Waals surface area contributed by atoms with E-state index in [2.05, 4.69) is 15.3 Å². The van der Waals surface area contributed by atoms with Crippen LogP contribution in [0.15, 0.2) is 6.20 Å². The number of halogens is 3. The van der Waals surface area contributed by atoms with Gasteiger partial charge in [-0.05, 0) is 50.4 Å². The number of alkyl halides is 3. The van der Waals surface area contributed by atoms with E-state index in [9.17, 15) is 31.9 Å². The predicted octanol–water partition coefficient (Wildman–Crippen LogP) is 2.94. The van der Waals surface area contributed by atoms with Gasteiger partial charge in [-0.2, -0.15) is 23.8 Å². The number of nitrogens with two attached hydrogens (primary N) is 1. The molecule has 9 nitrogen and oxygen atoms in total. The highest BCUT2D eigenvalue weighted by molar-refractivity contribution is 8.24. The molecule has 0 aromatic carbocycles. The van der Waals surface area contributed by atoms with E-state index in [4.69, 9.17) is 5.73 Å². The molecule has 1 saturated heterocycles. The van der Waals surface area contributed by atoms with Crippen LogP contribution in [0, 0.1) is 17.3 Å². The lowest BCUT2D eigenvalue weighted by atomic mass is 9.46. The fourth-order valence-corrected chi connectivity index (χ4v) is 8.08. The highest BCUT2D eigenvalue weighted by Gasteiger charge is 2.60. The Balaban J connectivity index is 1.42. The summed E-state index contributed by atoms with van der Waals surface area (Å²) in [5.41, 5.74) is 2.49. The van der Waals surface area contributed by atoms with Crippen molar-refractivity contribution >= 4 is 28.4 Å². The molecule has 6 rings (SSSR count). The maximum absolute atomic E-state index is 13.9. The summed E-state index contributed by atoms with van der Waals surface area (Å²) in [6.07, 6.45) is 0.273. The van der Waals surface area contributed by atoms with Gasteiger partial charge in [0, 0.05) is 24.8 Å². The van der Waals surface area contributed by atoms with E-state index in [1.165, 1.54) is 0 Å². The second-order valence-corrected chi connectivity index (χ2v) is 12.9. The second kappa shape index (κ2) is 7.69. The number of carbonyl (C=O) groups excluding carboxylic acids is 2. The Morgan fingerprint density at radius 1 is 1.15 bits per heavy atom. The van der Waals surface area contributed by atoms with Gasteiger partial charge in [0.1, 0.15) is 0 Å². The van der Waals surface area contributed by atoms with Crippen LogP contribution in [0.4, 0.5) is 19.1 Å². The van der Waals surface area contributed by atoms with Crippen molar-refractivity contribution < 1.29 is 31.9 Å². The summed E-state index contributed by atoms with van der Waals surface area (Å²) in [6, 6.07) is 0. The third-order valence-electron chi connectivity index (χ3n) is 7.91. The summed E-state index contributed by atoms with van der Waals surface area (Å²) in [5.74, 6) is -1.08. The lowest BCUT2D eigenvalue weighted by Gasteiger charge is -2.61. The highest BCUT2D eigenvalue weighted by Crippen LogP contribution is 2.62. The third-order valence-corrected chi connectivity index (χ3v) is 9.58. The van der Waals surface area contributed by atoms with Crippen molar-refractivity contribution in [1.29, 1.82) is 0 Å². The van der Waals surface area contributed by atoms with Crippen molar-refractivity contribution in [3.63, 3.8) is 0 Å². The Hall–Kier alpha value is -2.12. The summed E-state index contributed by atoms with van der Waals surface area (Å²) in [6.45, 7) is -0.112. The van der Waals surface area contributed by atoms with Crippen molar-refractivity contribution in [2.75, 3.05) is 29.9 Å². The molecular weight excluding hydrogens is 475 g/mol. The molecule has 2 atom stereocenters. The van der Waals surface area contributed by atoms with Crippen LogP contribution >= 0.6 is 10.6 Å². The van der Waals surface area contributed by atoms with Crippen LogP contribution in [0.2, 0.25) is 0 Å². The molecule has 0 radical (unpaired) electrons. The molecule has 1 aliphatic heterocycles. The number of aromatic nitrogens is 2. The van der Waals surface area contributed by atoms with Crippen molar-refractivity contribution in [2.24, 2.45) is 23.0 Å². The Labute approximate surface area is 196 Å². The van der Waals surface area contributed by atoms with Gasteiger partial charge < -0.3 is 16.0 Å². The van der Waals surface area contributed by atoms with Gasteiger partial charge in [0.2, 0.25) is 11.9 Å². The Morgan fingerprint density at radius 3 is 2.32 bits per heavy atom. The summed E-state index contributed by atoms with van der Waals surface area (Å²) in [7, 11) is -2.80. The van der Waals surface area contributed by atoms with Gasteiger partial charge in [-0.3, -0.25) is 18.7 Å². The van der Waals surface area contributed by atoms with Crippen LogP contribution in [-0.2, 0) is 11.0 Å². The van der Waals surface area contributed by atoms with Crippen molar-refractivity contribution in [1.82, 2.24) is 14.9 Å². The molecule has 5 fully saturated rings. The number of primary amides is 1. The van der Waals surface area contributed by atoms with E-state index < -0.39 is 44.9 Å². The largest absolute Gasteiger partial charge is 0.434 e. The molecule has 188 valence electrons. The molecule has 4 aliphatic carbocycles. The van der Waals surface area contributed by atoms with E-state index in [1.807, 2.05) is 0 Å². The zero-order valence-electron chi connectivity index (χ0n) is 18.5. The molecule has 4 bridgehead atoms. The zero-order chi connectivity index (χ0) is 24.5. The number of anilines is 1. The third kappa shape index (κ3) is 4.11. The molecule has 5 aliphatic rings. The number of nitrogens with one attached hydrogen (secondary N) is 1. The molecule has 0 spiro atoms. The van der Waals surface area contributed by atoms with Crippen molar-refractivity contribution in [3.8, 4) is 0 Å². The lowest BCUT2D eigenvalue weighted by Crippen LogP contribution is -2.62. The van der Waals surface area contributed by atoms with Crippen molar-refractivity contribution in [3.05, 3.63) is 17.5 Å². The smallest absolute Gasteiger partial charge is 0.369 e. The molecule has 13 heteroatoms. The molecule has 1 aromatic rings. The maximum Gasteiger partial charge on any atom is 0.434 e. The Kier molecular flexibility index (Phi) is 5.34. The first-order chi connectivity index (χ1) is 15.8. The fraction of sp³-hybridized carbons (Fsp3) is 0.714. The van der Waals surface area contributed by atoms with Gasteiger partial charge in [0.15, 0.2) is 5.69 Å². The first kappa shape index (κ1) is 23.6.